The summed E-state index contributed by atoms with van der Waals surface area (Å²) in [7, 11) is 0. The molecule has 0 saturated carbocycles. The van der Waals surface area contributed by atoms with E-state index in [0.29, 0.717) is 78.0 Å². The maximum atomic E-state index is 11.3. The second-order valence-corrected chi connectivity index (χ2v) is 6.94. The lowest BCUT2D eigenvalue weighted by Gasteiger charge is -2.34. The lowest BCUT2D eigenvalue weighted by molar-refractivity contribution is -0.139. The fourth-order valence-electron chi connectivity index (χ4n) is 3.30. The Bertz CT molecular complexity index is 440. The van der Waals surface area contributed by atoms with Crippen molar-refractivity contribution in [2.24, 2.45) is 0 Å². The fourth-order valence-corrected chi connectivity index (χ4v) is 3.30. The van der Waals surface area contributed by atoms with Gasteiger partial charge in [0.2, 0.25) is 23.6 Å². The van der Waals surface area contributed by atoms with Crippen molar-refractivity contribution in [1.82, 2.24) is 19.6 Å². The molecule has 0 N–H and O–H groups in total. The van der Waals surface area contributed by atoms with Crippen LogP contribution in [0.4, 0.5) is 0 Å². The van der Waals surface area contributed by atoms with Gasteiger partial charge in [0, 0.05) is 78.0 Å². The first-order chi connectivity index (χ1) is 13.4. The van der Waals surface area contributed by atoms with Crippen LogP contribution in [0.1, 0.15) is 53.4 Å². The van der Waals surface area contributed by atoms with Gasteiger partial charge in [-0.1, -0.05) is 27.7 Å². The van der Waals surface area contributed by atoms with Crippen LogP contribution < -0.4 is 0 Å². The first-order valence-electron chi connectivity index (χ1n) is 10.5. The number of amides is 4. The van der Waals surface area contributed by atoms with Crippen molar-refractivity contribution in [2.75, 3.05) is 52.4 Å². The Labute approximate surface area is 168 Å². The van der Waals surface area contributed by atoms with Crippen LogP contribution in [0.25, 0.3) is 0 Å². The topological polar surface area (TPSA) is 81.2 Å². The number of nitrogens with zero attached hydrogens (tertiary/aromatic N) is 4. The largest absolute Gasteiger partial charge is 0.339 e. The molecule has 0 bridgehead atoms. The molecule has 0 radical (unpaired) electrons. The molecule has 0 aromatic heterocycles. The second-order valence-electron chi connectivity index (χ2n) is 6.94. The normalized spacial score (nSPS) is 17.0. The van der Waals surface area contributed by atoms with E-state index < -0.39 is 0 Å². The van der Waals surface area contributed by atoms with Crippen molar-refractivity contribution >= 4 is 23.6 Å². The van der Waals surface area contributed by atoms with Gasteiger partial charge >= 0.3 is 0 Å². The summed E-state index contributed by atoms with van der Waals surface area (Å²) in [6.07, 6.45) is 2.23. The third-order valence-corrected chi connectivity index (χ3v) is 5.18. The van der Waals surface area contributed by atoms with Gasteiger partial charge in [-0.05, 0) is 0 Å². The molecule has 2 aliphatic heterocycles. The van der Waals surface area contributed by atoms with Gasteiger partial charge in [-0.3, -0.25) is 19.2 Å². The standard InChI is InChI=1S/2C10H18N2O2/c2*1-3-9(13)11-5-7-12(8-6-11)10(14)4-2/h2*3-8H2,1-2H3. The number of hydrogen-bond acceptors (Lipinski definition) is 4. The van der Waals surface area contributed by atoms with Crippen molar-refractivity contribution < 1.29 is 19.2 Å². The quantitative estimate of drug-likeness (QED) is 0.709. The van der Waals surface area contributed by atoms with Crippen molar-refractivity contribution in [3.8, 4) is 0 Å². The summed E-state index contributed by atoms with van der Waals surface area (Å²) in [5.41, 5.74) is 0. The van der Waals surface area contributed by atoms with E-state index in [-0.39, 0.29) is 23.6 Å². The summed E-state index contributed by atoms with van der Waals surface area (Å²) in [5.74, 6) is 0.754. The average molecular weight is 397 g/mol. The lowest BCUT2D eigenvalue weighted by atomic mass is 10.2. The summed E-state index contributed by atoms with van der Waals surface area (Å²) in [6, 6.07) is 0. The summed E-state index contributed by atoms with van der Waals surface area (Å²) in [5, 5.41) is 0. The highest BCUT2D eigenvalue weighted by atomic mass is 16.2. The average Bonchev–Trinajstić information content (AvgIpc) is 2.77. The molecule has 0 aromatic rings. The van der Waals surface area contributed by atoms with E-state index in [2.05, 4.69) is 0 Å². The molecule has 2 rings (SSSR count). The van der Waals surface area contributed by atoms with Crippen molar-refractivity contribution in [1.29, 1.82) is 0 Å². The Balaban J connectivity index is 0.000000280. The van der Waals surface area contributed by atoms with Crippen molar-refractivity contribution in [2.45, 2.75) is 53.4 Å². The van der Waals surface area contributed by atoms with Gasteiger partial charge in [-0.15, -0.1) is 0 Å². The second kappa shape index (κ2) is 12.4. The van der Waals surface area contributed by atoms with E-state index in [1.54, 1.807) is 0 Å². The molecule has 2 aliphatic rings. The zero-order valence-electron chi connectivity index (χ0n) is 17.9. The first-order valence-corrected chi connectivity index (χ1v) is 10.5. The Morgan fingerprint density at radius 1 is 0.429 bits per heavy atom. The minimum atomic E-state index is 0.189. The van der Waals surface area contributed by atoms with E-state index in [9.17, 15) is 19.2 Å². The van der Waals surface area contributed by atoms with Gasteiger partial charge in [-0.25, -0.2) is 0 Å². The van der Waals surface area contributed by atoms with Crippen molar-refractivity contribution in [3.63, 3.8) is 0 Å². The molecule has 0 atom stereocenters. The number of carbonyl (C=O) groups is 4. The monoisotopic (exact) mass is 396 g/mol. The molecule has 0 aromatic carbocycles. The molecule has 28 heavy (non-hydrogen) atoms. The highest BCUT2D eigenvalue weighted by Crippen LogP contribution is 2.06. The fraction of sp³-hybridized carbons (Fsp3) is 0.800. The third-order valence-electron chi connectivity index (χ3n) is 5.18. The summed E-state index contributed by atoms with van der Waals surface area (Å²) >= 11 is 0. The van der Waals surface area contributed by atoms with E-state index in [0.717, 1.165) is 0 Å². The molecule has 2 heterocycles. The molecular formula is C20H36N4O4. The van der Waals surface area contributed by atoms with Crippen molar-refractivity contribution in [3.05, 3.63) is 0 Å². The van der Waals surface area contributed by atoms with Crippen LogP contribution >= 0.6 is 0 Å². The molecule has 8 nitrogen and oxygen atoms in total. The number of carbonyl (C=O) groups excluding carboxylic acids is 4. The predicted molar refractivity (Wildman–Crippen MR) is 107 cm³/mol. The van der Waals surface area contributed by atoms with Gasteiger partial charge in [0.15, 0.2) is 0 Å². The molecule has 0 spiro atoms. The SMILES string of the molecule is CCC(=O)N1CCN(C(=O)CC)CC1.CCC(=O)N1CCN(C(=O)CC)CC1. The maximum Gasteiger partial charge on any atom is 0.222 e. The highest BCUT2D eigenvalue weighted by molar-refractivity contribution is 5.78. The van der Waals surface area contributed by atoms with Crippen LogP contribution in [0.15, 0.2) is 0 Å². The molecule has 2 fully saturated rings. The van der Waals surface area contributed by atoms with Gasteiger partial charge in [0.1, 0.15) is 0 Å². The van der Waals surface area contributed by atoms with Crippen LogP contribution in [-0.2, 0) is 19.2 Å². The van der Waals surface area contributed by atoms with Crippen LogP contribution in [0, 0.1) is 0 Å². The van der Waals surface area contributed by atoms with Crippen LogP contribution in [0.5, 0.6) is 0 Å². The third kappa shape index (κ3) is 7.13. The molecule has 0 aliphatic carbocycles. The molecule has 4 amide bonds. The zero-order valence-corrected chi connectivity index (χ0v) is 17.9. The van der Waals surface area contributed by atoms with Crippen LogP contribution in [0.2, 0.25) is 0 Å². The summed E-state index contributed by atoms with van der Waals surface area (Å²) in [4.78, 5) is 52.7. The first kappa shape index (κ1) is 23.9. The number of hydrogen-bond donors (Lipinski definition) is 0. The Morgan fingerprint density at radius 2 is 0.571 bits per heavy atom. The van der Waals surface area contributed by atoms with E-state index in [1.165, 1.54) is 0 Å². The Hall–Kier alpha value is -2.12. The molecular weight excluding hydrogens is 360 g/mol. The zero-order chi connectivity index (χ0) is 21.1. The maximum absolute atomic E-state index is 11.3. The lowest BCUT2D eigenvalue weighted by Crippen LogP contribution is -2.50. The van der Waals surface area contributed by atoms with E-state index in [1.807, 2.05) is 47.3 Å². The Morgan fingerprint density at radius 3 is 0.679 bits per heavy atom. The molecule has 0 unspecified atom stereocenters. The van der Waals surface area contributed by atoms with Crippen LogP contribution in [-0.4, -0.2) is 95.6 Å². The molecule has 2 saturated heterocycles. The predicted octanol–water partition coefficient (Wildman–Crippen LogP) is 0.954. The van der Waals surface area contributed by atoms with E-state index in [4.69, 9.17) is 0 Å². The van der Waals surface area contributed by atoms with Crippen LogP contribution in [0.3, 0.4) is 0 Å². The summed E-state index contributed by atoms with van der Waals surface area (Å²) in [6.45, 7) is 13.0. The highest BCUT2D eigenvalue weighted by Gasteiger charge is 2.22. The number of rotatable bonds is 4. The minimum absolute atomic E-state index is 0.189. The number of piperazine rings is 2. The van der Waals surface area contributed by atoms with E-state index >= 15 is 0 Å². The van der Waals surface area contributed by atoms with Gasteiger partial charge in [-0.2, -0.15) is 0 Å². The Kier molecular flexibility index (Phi) is 10.6. The minimum Gasteiger partial charge on any atom is -0.339 e. The smallest absolute Gasteiger partial charge is 0.222 e. The van der Waals surface area contributed by atoms with Gasteiger partial charge in [0.25, 0.3) is 0 Å². The summed E-state index contributed by atoms with van der Waals surface area (Å²) < 4.78 is 0. The molecule has 160 valence electrons. The van der Waals surface area contributed by atoms with Gasteiger partial charge < -0.3 is 19.6 Å². The molecule has 8 heteroatoms. The van der Waals surface area contributed by atoms with Gasteiger partial charge in [0.05, 0.1) is 0 Å².